The molecule has 2 nitrogen and oxygen atoms in total. The molecule has 0 spiro atoms. The maximum Gasteiger partial charge on any atom is 0.0991 e. The molecule has 0 fully saturated rings. The summed E-state index contributed by atoms with van der Waals surface area (Å²) >= 11 is 3.67. The van der Waals surface area contributed by atoms with Crippen LogP contribution >= 0.6 is 23.5 Å². The first-order valence-corrected chi connectivity index (χ1v) is 12.0. The number of benzene rings is 3. The van der Waals surface area contributed by atoms with Gasteiger partial charge in [-0.15, -0.1) is 23.5 Å². The zero-order valence-electron chi connectivity index (χ0n) is 16.9. The molecule has 3 aromatic rings. The smallest absolute Gasteiger partial charge is 0.0991 e. The molecule has 31 heavy (non-hydrogen) atoms. The van der Waals surface area contributed by atoms with Crippen LogP contribution in [0.1, 0.15) is 24.0 Å². The lowest BCUT2D eigenvalue weighted by molar-refractivity contribution is 1.01. The summed E-state index contributed by atoms with van der Waals surface area (Å²) in [6.45, 7) is 0. The summed E-state index contributed by atoms with van der Waals surface area (Å²) in [6.07, 6.45) is 5.77. The van der Waals surface area contributed by atoms with E-state index < -0.39 is 0 Å². The Kier molecular flexibility index (Phi) is 6.95. The van der Waals surface area contributed by atoms with E-state index in [-0.39, 0.29) is 0 Å². The minimum Gasteiger partial charge on any atom is -0.193 e. The van der Waals surface area contributed by atoms with Crippen LogP contribution in [0.15, 0.2) is 100 Å². The van der Waals surface area contributed by atoms with E-state index in [2.05, 4.69) is 66.7 Å². The zero-order valence-corrected chi connectivity index (χ0v) is 18.5. The van der Waals surface area contributed by atoms with Crippen LogP contribution < -0.4 is 0 Å². The lowest BCUT2D eigenvalue weighted by atomic mass is 9.94. The first-order valence-electron chi connectivity index (χ1n) is 10.0. The second-order valence-corrected chi connectivity index (χ2v) is 9.60. The highest BCUT2D eigenvalue weighted by molar-refractivity contribution is 8.16. The van der Waals surface area contributed by atoms with Crippen LogP contribution in [0.3, 0.4) is 0 Å². The quantitative estimate of drug-likeness (QED) is 0.293. The molecule has 150 valence electrons. The molecule has 0 unspecified atom stereocenters. The van der Waals surface area contributed by atoms with Gasteiger partial charge < -0.3 is 0 Å². The predicted molar refractivity (Wildman–Crippen MR) is 131 cm³/mol. The van der Waals surface area contributed by atoms with Crippen LogP contribution in [-0.2, 0) is 0 Å². The van der Waals surface area contributed by atoms with Gasteiger partial charge in [-0.2, -0.15) is 10.5 Å². The van der Waals surface area contributed by atoms with Crippen LogP contribution in [0.25, 0.3) is 16.7 Å². The summed E-state index contributed by atoms with van der Waals surface area (Å²) < 4.78 is 0. The molecular weight excluding hydrogens is 416 g/mol. The molecule has 0 heterocycles. The molecule has 0 saturated carbocycles. The monoisotopic (exact) mass is 436 g/mol. The largest absolute Gasteiger partial charge is 0.193 e. The topological polar surface area (TPSA) is 47.6 Å². The molecule has 4 heteroatoms. The standard InChI is InChI=1S/C27H20N2S2/c28-17-20-1-5-22(6-2-20)24-9-13-26(14-10-24)30-19-31-27-15-11-25(12-16-27)23-7-3-21(18-29)4-8-23/h1-3,5-7,9-16H,4,8,19H2. The lowest BCUT2D eigenvalue weighted by Crippen LogP contribution is -1.92. The van der Waals surface area contributed by atoms with E-state index in [0.29, 0.717) is 5.56 Å². The van der Waals surface area contributed by atoms with Crippen molar-refractivity contribution in [2.45, 2.75) is 22.6 Å². The summed E-state index contributed by atoms with van der Waals surface area (Å²) in [5, 5.41) is 18.8. The molecule has 0 aromatic heterocycles. The second-order valence-electron chi connectivity index (χ2n) is 7.14. The number of rotatable bonds is 6. The first-order chi connectivity index (χ1) is 15.2. The predicted octanol–water partition coefficient (Wildman–Crippen LogP) is 7.69. The minimum atomic E-state index is 0.682. The average Bonchev–Trinajstić information content (AvgIpc) is 2.85. The van der Waals surface area contributed by atoms with Crippen LogP contribution in [0.5, 0.6) is 0 Å². The maximum absolute atomic E-state index is 8.97. The van der Waals surface area contributed by atoms with Gasteiger partial charge in [0.25, 0.3) is 0 Å². The van der Waals surface area contributed by atoms with Gasteiger partial charge in [-0.1, -0.05) is 42.5 Å². The van der Waals surface area contributed by atoms with Gasteiger partial charge in [0.1, 0.15) is 0 Å². The van der Waals surface area contributed by atoms with Crippen LogP contribution in [0.4, 0.5) is 0 Å². The van der Waals surface area contributed by atoms with E-state index in [1.165, 1.54) is 20.9 Å². The molecule has 0 atom stereocenters. The third kappa shape index (κ3) is 5.50. The first kappa shape index (κ1) is 21.1. The highest BCUT2D eigenvalue weighted by Crippen LogP contribution is 2.32. The fourth-order valence-electron chi connectivity index (χ4n) is 3.38. The summed E-state index contributed by atoms with van der Waals surface area (Å²) in [5.41, 5.74) is 6.36. The third-order valence-electron chi connectivity index (χ3n) is 5.17. The van der Waals surface area contributed by atoms with Gasteiger partial charge in [-0.05, 0) is 77.6 Å². The Morgan fingerprint density at radius 3 is 1.65 bits per heavy atom. The van der Waals surface area contributed by atoms with Gasteiger partial charge in [-0.25, -0.2) is 0 Å². The molecule has 3 aromatic carbocycles. The van der Waals surface area contributed by atoms with Crippen LogP contribution in [-0.4, -0.2) is 5.08 Å². The Bertz CT molecular complexity index is 1190. The SMILES string of the molecule is N#CC1=CC=C(c2ccc(SCSc3ccc(-c4ccc(C#N)cc4)cc3)cc2)CC1. The maximum atomic E-state index is 8.97. The number of thioether (sulfide) groups is 2. The highest BCUT2D eigenvalue weighted by atomic mass is 32.2. The zero-order chi connectivity index (χ0) is 21.5. The number of allylic oxidation sites excluding steroid dienone is 4. The minimum absolute atomic E-state index is 0.682. The van der Waals surface area contributed by atoms with Crippen molar-refractivity contribution in [3.8, 4) is 23.3 Å². The molecule has 1 aliphatic rings. The lowest BCUT2D eigenvalue weighted by Gasteiger charge is -2.11. The van der Waals surface area contributed by atoms with Crippen LogP contribution in [0.2, 0.25) is 0 Å². The van der Waals surface area contributed by atoms with Crippen molar-refractivity contribution >= 4 is 29.1 Å². The Labute approximate surface area is 191 Å². The number of hydrogen-bond donors (Lipinski definition) is 0. The molecule has 0 bridgehead atoms. The van der Waals surface area contributed by atoms with Crippen molar-refractivity contribution in [1.82, 2.24) is 0 Å². The van der Waals surface area contributed by atoms with Gasteiger partial charge in [0.05, 0.1) is 17.7 Å². The Morgan fingerprint density at radius 1 is 0.613 bits per heavy atom. The highest BCUT2D eigenvalue weighted by Gasteiger charge is 2.08. The average molecular weight is 437 g/mol. The van der Waals surface area contributed by atoms with E-state index in [0.717, 1.165) is 34.6 Å². The Morgan fingerprint density at radius 2 is 1.16 bits per heavy atom. The summed E-state index contributed by atoms with van der Waals surface area (Å²) in [5.74, 6) is 0. The van der Waals surface area contributed by atoms with E-state index in [9.17, 15) is 0 Å². The van der Waals surface area contributed by atoms with Gasteiger partial charge in [0.15, 0.2) is 0 Å². The van der Waals surface area contributed by atoms with Crippen LogP contribution in [0, 0.1) is 22.7 Å². The molecule has 0 N–H and O–H groups in total. The van der Waals surface area contributed by atoms with Gasteiger partial charge in [0, 0.05) is 20.4 Å². The van der Waals surface area contributed by atoms with Crippen molar-refractivity contribution in [3.63, 3.8) is 0 Å². The number of hydrogen-bond acceptors (Lipinski definition) is 4. The van der Waals surface area contributed by atoms with Crippen molar-refractivity contribution in [2.75, 3.05) is 5.08 Å². The number of nitrogens with zero attached hydrogens (tertiary/aromatic N) is 2. The van der Waals surface area contributed by atoms with Gasteiger partial charge in [-0.3, -0.25) is 0 Å². The van der Waals surface area contributed by atoms with E-state index in [4.69, 9.17) is 10.5 Å². The molecular formula is C27H20N2S2. The fourth-order valence-corrected chi connectivity index (χ4v) is 5.36. The van der Waals surface area contributed by atoms with Crippen molar-refractivity contribution < 1.29 is 0 Å². The summed E-state index contributed by atoms with van der Waals surface area (Å²) in [7, 11) is 0. The van der Waals surface area contributed by atoms with Crippen molar-refractivity contribution in [1.29, 1.82) is 10.5 Å². The summed E-state index contributed by atoms with van der Waals surface area (Å²) in [6, 6.07) is 29.4. The second kappa shape index (κ2) is 10.2. The van der Waals surface area contributed by atoms with E-state index >= 15 is 0 Å². The molecule has 1 aliphatic carbocycles. The number of nitriles is 2. The molecule has 4 rings (SSSR count). The normalized spacial score (nSPS) is 13.0. The van der Waals surface area contributed by atoms with Crippen molar-refractivity contribution in [3.05, 3.63) is 102 Å². The summed E-state index contributed by atoms with van der Waals surface area (Å²) in [4.78, 5) is 2.50. The van der Waals surface area contributed by atoms with Gasteiger partial charge >= 0.3 is 0 Å². The van der Waals surface area contributed by atoms with E-state index in [1.807, 2.05) is 53.9 Å². The fraction of sp³-hybridized carbons (Fsp3) is 0.111. The van der Waals surface area contributed by atoms with Crippen molar-refractivity contribution in [2.24, 2.45) is 0 Å². The molecule has 0 saturated heterocycles. The molecule has 0 radical (unpaired) electrons. The van der Waals surface area contributed by atoms with E-state index in [1.54, 1.807) is 0 Å². The van der Waals surface area contributed by atoms with Gasteiger partial charge in [0.2, 0.25) is 0 Å². The molecule has 0 amide bonds. The third-order valence-corrected chi connectivity index (χ3v) is 7.32. The Hall–Kier alpha value is -3.18. The molecule has 0 aliphatic heterocycles. The Balaban J connectivity index is 1.30.